The number of methoxy groups -OCH3 is 2. The van der Waals surface area contributed by atoms with Crippen LogP contribution in [0.1, 0.15) is 5.56 Å². The number of nitrogens with zero attached hydrogens (tertiary/aromatic N) is 1. The Labute approximate surface area is 125 Å². The first kappa shape index (κ1) is 15.4. The number of benzene rings is 1. The molecule has 8 heteroatoms. The number of carboxylic acids is 1. The van der Waals surface area contributed by atoms with Crippen LogP contribution in [0.2, 0.25) is 0 Å². The molecule has 0 unspecified atom stereocenters. The molecule has 1 heterocycles. The van der Waals surface area contributed by atoms with Gasteiger partial charge in [-0.3, -0.25) is 9.59 Å². The Morgan fingerprint density at radius 3 is 2.64 bits per heavy atom. The summed E-state index contributed by atoms with van der Waals surface area (Å²) in [5.41, 5.74) is 0.487. The van der Waals surface area contributed by atoms with Gasteiger partial charge in [0.1, 0.15) is 12.2 Å². The van der Waals surface area contributed by atoms with Crippen LogP contribution >= 0.6 is 0 Å². The minimum atomic E-state index is -1.27. The van der Waals surface area contributed by atoms with Crippen LogP contribution < -0.4 is 14.8 Å². The maximum absolute atomic E-state index is 12.0. The lowest BCUT2D eigenvalue weighted by Crippen LogP contribution is -2.35. The highest BCUT2D eigenvalue weighted by Crippen LogP contribution is 2.32. The second-order valence-electron chi connectivity index (χ2n) is 4.36. The smallest absolute Gasteiger partial charge is 0.329 e. The number of nitrogens with one attached hydrogen (secondary N) is 1. The van der Waals surface area contributed by atoms with Crippen LogP contribution in [0.3, 0.4) is 0 Å². The molecule has 2 N–H and O–H groups in total. The van der Waals surface area contributed by atoms with E-state index in [-0.39, 0.29) is 5.70 Å². The van der Waals surface area contributed by atoms with Gasteiger partial charge in [0.2, 0.25) is 0 Å². The van der Waals surface area contributed by atoms with E-state index in [0.29, 0.717) is 22.0 Å². The van der Waals surface area contributed by atoms with Crippen molar-refractivity contribution >= 4 is 24.0 Å². The quantitative estimate of drug-likeness (QED) is 0.612. The molecule has 1 aromatic carbocycles. The molecular weight excluding hydrogens is 292 g/mol. The first-order chi connectivity index (χ1) is 10.5. The summed E-state index contributed by atoms with van der Waals surface area (Å²) in [7, 11) is 2.93. The fourth-order valence-electron chi connectivity index (χ4n) is 2.03. The molecule has 0 aliphatic carbocycles. The van der Waals surface area contributed by atoms with Gasteiger partial charge >= 0.3 is 12.0 Å². The average Bonchev–Trinajstić information content (AvgIpc) is 2.74. The van der Waals surface area contributed by atoms with Crippen molar-refractivity contribution in [3.05, 3.63) is 29.5 Å². The van der Waals surface area contributed by atoms with Gasteiger partial charge < -0.3 is 19.9 Å². The van der Waals surface area contributed by atoms with E-state index in [1.54, 1.807) is 18.2 Å². The molecule has 1 aromatic rings. The lowest BCUT2D eigenvalue weighted by Gasteiger charge is -2.10. The molecule has 3 amide bonds. The van der Waals surface area contributed by atoms with E-state index in [4.69, 9.17) is 14.6 Å². The van der Waals surface area contributed by atoms with Crippen molar-refractivity contribution in [1.82, 2.24) is 10.2 Å². The largest absolute Gasteiger partial charge is 0.493 e. The third-order valence-corrected chi connectivity index (χ3v) is 2.99. The molecule has 0 aromatic heterocycles. The molecule has 1 aliphatic heterocycles. The van der Waals surface area contributed by atoms with Gasteiger partial charge in [-0.2, -0.15) is 0 Å². The number of hydrogen-bond donors (Lipinski definition) is 2. The Morgan fingerprint density at radius 2 is 2.05 bits per heavy atom. The van der Waals surface area contributed by atoms with Gasteiger partial charge in [0.15, 0.2) is 11.5 Å². The second kappa shape index (κ2) is 6.17. The van der Waals surface area contributed by atoms with Crippen molar-refractivity contribution in [3.8, 4) is 11.5 Å². The molecule has 1 fully saturated rings. The molecule has 1 saturated heterocycles. The first-order valence-corrected chi connectivity index (χ1v) is 6.25. The standard InChI is InChI=1S/C14H14N2O6/c1-21-10-5-3-4-8(12(10)22-2)6-9-13(19)16(7-11(17)18)14(20)15-9/h3-6H,7H2,1-2H3,(H,15,20)(H,17,18). The molecule has 0 bridgehead atoms. The third-order valence-electron chi connectivity index (χ3n) is 2.99. The van der Waals surface area contributed by atoms with Crippen LogP contribution in [0, 0.1) is 0 Å². The summed E-state index contributed by atoms with van der Waals surface area (Å²) < 4.78 is 10.4. The molecule has 22 heavy (non-hydrogen) atoms. The molecule has 2 rings (SSSR count). The zero-order chi connectivity index (χ0) is 16.3. The SMILES string of the molecule is COc1cccc(C=C2NC(=O)N(CC(=O)O)C2=O)c1OC. The molecule has 0 spiro atoms. The number of para-hydroxylation sites is 1. The molecular formula is C14H14N2O6. The van der Waals surface area contributed by atoms with E-state index >= 15 is 0 Å². The Morgan fingerprint density at radius 1 is 1.32 bits per heavy atom. The lowest BCUT2D eigenvalue weighted by atomic mass is 10.1. The number of carboxylic acid groups (broad SMARTS) is 1. The number of ether oxygens (including phenoxy) is 2. The topological polar surface area (TPSA) is 105 Å². The molecule has 116 valence electrons. The van der Waals surface area contributed by atoms with Gasteiger partial charge in [0.05, 0.1) is 14.2 Å². The van der Waals surface area contributed by atoms with E-state index in [9.17, 15) is 14.4 Å². The highest BCUT2D eigenvalue weighted by Gasteiger charge is 2.35. The summed E-state index contributed by atoms with van der Waals surface area (Å²) in [5.74, 6) is -1.12. The van der Waals surface area contributed by atoms with Crippen LogP contribution in [0.25, 0.3) is 6.08 Å². The number of amides is 3. The summed E-state index contributed by atoms with van der Waals surface area (Å²) in [6.07, 6.45) is 1.41. The van der Waals surface area contributed by atoms with Gasteiger partial charge in [-0.05, 0) is 12.1 Å². The van der Waals surface area contributed by atoms with E-state index < -0.39 is 24.5 Å². The van der Waals surface area contributed by atoms with E-state index in [1.807, 2.05) is 0 Å². The summed E-state index contributed by atoms with van der Waals surface area (Å²) in [6, 6.07) is 4.28. The van der Waals surface area contributed by atoms with Crippen LogP contribution in [-0.2, 0) is 9.59 Å². The Kier molecular flexibility index (Phi) is 4.31. The zero-order valence-electron chi connectivity index (χ0n) is 12.0. The maximum atomic E-state index is 12.0. The van der Waals surface area contributed by atoms with Crippen molar-refractivity contribution < 1.29 is 29.0 Å². The molecule has 0 saturated carbocycles. The van der Waals surface area contributed by atoms with Gasteiger partial charge in [-0.25, -0.2) is 9.69 Å². The Hall–Kier alpha value is -3.03. The van der Waals surface area contributed by atoms with Gasteiger partial charge in [0, 0.05) is 5.56 Å². The lowest BCUT2D eigenvalue weighted by molar-refractivity contribution is -0.140. The summed E-state index contributed by atoms with van der Waals surface area (Å²) in [4.78, 5) is 35.0. The first-order valence-electron chi connectivity index (χ1n) is 6.25. The Bertz CT molecular complexity index is 667. The number of urea groups is 1. The summed E-state index contributed by atoms with van der Waals surface area (Å²) in [6.45, 7) is -0.697. The van der Waals surface area contributed by atoms with Crippen molar-refractivity contribution in [3.63, 3.8) is 0 Å². The van der Waals surface area contributed by atoms with Crippen molar-refractivity contribution in [2.24, 2.45) is 0 Å². The number of imide groups is 1. The average molecular weight is 306 g/mol. The van der Waals surface area contributed by atoms with Crippen molar-refractivity contribution in [2.45, 2.75) is 0 Å². The van der Waals surface area contributed by atoms with Gasteiger partial charge in [-0.1, -0.05) is 12.1 Å². The van der Waals surface area contributed by atoms with E-state index in [1.165, 1.54) is 20.3 Å². The Balaban J connectivity index is 2.37. The molecule has 8 nitrogen and oxygen atoms in total. The summed E-state index contributed by atoms with van der Waals surface area (Å²) >= 11 is 0. The van der Waals surface area contributed by atoms with Crippen LogP contribution in [0.15, 0.2) is 23.9 Å². The third kappa shape index (κ3) is 2.85. The van der Waals surface area contributed by atoms with E-state index in [0.717, 1.165) is 0 Å². The van der Waals surface area contributed by atoms with Crippen LogP contribution in [0.5, 0.6) is 11.5 Å². The number of hydrogen-bond acceptors (Lipinski definition) is 5. The number of carbonyl (C=O) groups is 3. The van der Waals surface area contributed by atoms with Gasteiger partial charge in [0.25, 0.3) is 5.91 Å². The monoisotopic (exact) mass is 306 g/mol. The number of rotatable bonds is 5. The van der Waals surface area contributed by atoms with Crippen LogP contribution in [0.4, 0.5) is 4.79 Å². The maximum Gasteiger partial charge on any atom is 0.329 e. The number of carbonyl (C=O) groups excluding carboxylic acids is 2. The number of aliphatic carboxylic acids is 1. The summed E-state index contributed by atoms with van der Waals surface area (Å²) in [5, 5.41) is 11.0. The minimum absolute atomic E-state index is 0.0298. The molecule has 0 atom stereocenters. The van der Waals surface area contributed by atoms with Crippen molar-refractivity contribution in [2.75, 3.05) is 20.8 Å². The molecule has 0 radical (unpaired) electrons. The minimum Gasteiger partial charge on any atom is -0.493 e. The highest BCUT2D eigenvalue weighted by molar-refractivity contribution is 6.15. The second-order valence-corrected chi connectivity index (χ2v) is 4.36. The predicted molar refractivity (Wildman–Crippen MR) is 75.4 cm³/mol. The zero-order valence-corrected chi connectivity index (χ0v) is 12.0. The van der Waals surface area contributed by atoms with E-state index in [2.05, 4.69) is 5.32 Å². The van der Waals surface area contributed by atoms with Crippen molar-refractivity contribution in [1.29, 1.82) is 0 Å². The van der Waals surface area contributed by atoms with Crippen LogP contribution in [-0.4, -0.2) is 48.7 Å². The highest BCUT2D eigenvalue weighted by atomic mass is 16.5. The predicted octanol–water partition coefficient (Wildman–Crippen LogP) is 0.681. The molecule has 1 aliphatic rings. The fraction of sp³-hybridized carbons (Fsp3) is 0.214. The fourth-order valence-corrected chi connectivity index (χ4v) is 2.03. The normalized spacial score (nSPS) is 15.9. The van der Waals surface area contributed by atoms with Gasteiger partial charge in [-0.15, -0.1) is 0 Å².